The molecule has 28 heavy (non-hydrogen) atoms. The molecular formula is C22H23NO5. The van der Waals surface area contributed by atoms with E-state index in [9.17, 15) is 19.5 Å². The Bertz CT molecular complexity index is 862. The van der Waals surface area contributed by atoms with Gasteiger partial charge in [0.1, 0.15) is 6.04 Å². The smallest absolute Gasteiger partial charge is 0.326 e. The highest BCUT2D eigenvalue weighted by atomic mass is 16.5. The number of amides is 1. The van der Waals surface area contributed by atoms with Crippen molar-refractivity contribution in [1.29, 1.82) is 0 Å². The van der Waals surface area contributed by atoms with Crippen LogP contribution in [-0.2, 0) is 19.1 Å². The predicted octanol–water partition coefficient (Wildman–Crippen LogP) is 2.96. The van der Waals surface area contributed by atoms with Crippen molar-refractivity contribution in [3.8, 4) is 11.1 Å². The number of hydrogen-bond donors (Lipinski definition) is 2. The van der Waals surface area contributed by atoms with Gasteiger partial charge < -0.3 is 15.2 Å². The third-order valence-electron chi connectivity index (χ3n) is 4.99. The number of nitrogens with one attached hydrogen (secondary N) is 1. The van der Waals surface area contributed by atoms with Gasteiger partial charge in [0.15, 0.2) is 0 Å². The van der Waals surface area contributed by atoms with E-state index in [1.54, 1.807) is 13.8 Å². The number of carbonyl (C=O) groups is 3. The van der Waals surface area contributed by atoms with Crippen molar-refractivity contribution in [1.82, 2.24) is 5.32 Å². The molecule has 0 saturated carbocycles. The molecule has 0 radical (unpaired) electrons. The van der Waals surface area contributed by atoms with Crippen LogP contribution in [0.15, 0.2) is 48.5 Å². The normalized spacial score (nSPS) is 14.5. The van der Waals surface area contributed by atoms with Gasteiger partial charge in [-0.1, -0.05) is 55.5 Å². The third-order valence-corrected chi connectivity index (χ3v) is 4.99. The quantitative estimate of drug-likeness (QED) is 0.720. The second-order valence-electron chi connectivity index (χ2n) is 6.90. The molecule has 146 valence electrons. The van der Waals surface area contributed by atoms with Gasteiger partial charge in [-0.05, 0) is 35.6 Å². The monoisotopic (exact) mass is 381 g/mol. The molecule has 0 aromatic heterocycles. The second kappa shape index (κ2) is 8.25. The first-order chi connectivity index (χ1) is 13.4. The number of benzene rings is 2. The van der Waals surface area contributed by atoms with Crippen LogP contribution in [0.5, 0.6) is 0 Å². The van der Waals surface area contributed by atoms with Crippen molar-refractivity contribution in [3.05, 3.63) is 59.7 Å². The molecule has 0 saturated heterocycles. The summed E-state index contributed by atoms with van der Waals surface area (Å²) in [7, 11) is 0. The molecule has 0 bridgehead atoms. The Balaban J connectivity index is 1.83. The summed E-state index contributed by atoms with van der Waals surface area (Å²) in [5.41, 5.74) is 3.66. The summed E-state index contributed by atoms with van der Waals surface area (Å²) in [6.07, 6.45) is -0.0318. The van der Waals surface area contributed by atoms with Gasteiger partial charge in [-0.2, -0.15) is 0 Å². The maximum atomic E-state index is 13.1. The fourth-order valence-corrected chi connectivity index (χ4v) is 3.65. The van der Waals surface area contributed by atoms with Crippen LogP contribution in [0, 0.1) is 5.92 Å². The Morgan fingerprint density at radius 3 is 2.07 bits per heavy atom. The molecule has 1 aliphatic carbocycles. The van der Waals surface area contributed by atoms with Crippen LogP contribution in [0.2, 0.25) is 0 Å². The van der Waals surface area contributed by atoms with Crippen LogP contribution in [0.4, 0.5) is 0 Å². The van der Waals surface area contributed by atoms with Crippen LogP contribution in [-0.4, -0.2) is 35.6 Å². The lowest BCUT2D eigenvalue weighted by Crippen LogP contribution is -2.44. The number of aliphatic carboxylic acids is 1. The summed E-state index contributed by atoms with van der Waals surface area (Å²) in [6.45, 7) is 3.51. The zero-order chi connectivity index (χ0) is 20.3. The van der Waals surface area contributed by atoms with Crippen molar-refractivity contribution in [3.63, 3.8) is 0 Å². The summed E-state index contributed by atoms with van der Waals surface area (Å²) in [4.78, 5) is 36.6. The average Bonchev–Trinajstić information content (AvgIpc) is 3.02. The number of fused-ring (bicyclic) bond motifs is 3. The van der Waals surface area contributed by atoms with E-state index in [0.29, 0.717) is 0 Å². The van der Waals surface area contributed by atoms with E-state index in [1.807, 2.05) is 48.5 Å². The van der Waals surface area contributed by atoms with Crippen LogP contribution >= 0.6 is 0 Å². The number of hydrogen-bond acceptors (Lipinski definition) is 4. The molecular weight excluding hydrogens is 358 g/mol. The third kappa shape index (κ3) is 3.76. The van der Waals surface area contributed by atoms with Gasteiger partial charge in [-0.15, -0.1) is 0 Å². The number of carboxylic acid groups (broad SMARTS) is 1. The van der Waals surface area contributed by atoms with Crippen molar-refractivity contribution in [2.45, 2.75) is 32.2 Å². The first-order valence-electron chi connectivity index (χ1n) is 9.32. The molecule has 0 aliphatic heterocycles. The Labute approximate surface area is 163 Å². The SMILES string of the molecule is CCOC(=O)[C@H](C)C[C@H](NC(=O)C1c2ccccc2-c2ccccc21)C(=O)O. The van der Waals surface area contributed by atoms with Gasteiger partial charge in [0.05, 0.1) is 18.4 Å². The summed E-state index contributed by atoms with van der Waals surface area (Å²) >= 11 is 0. The molecule has 2 N–H and O–H groups in total. The molecule has 0 spiro atoms. The van der Waals surface area contributed by atoms with Crippen LogP contribution in [0.3, 0.4) is 0 Å². The summed E-state index contributed by atoms with van der Waals surface area (Å²) in [5.74, 6) is -3.25. The largest absolute Gasteiger partial charge is 0.480 e. The topological polar surface area (TPSA) is 92.7 Å². The van der Waals surface area contributed by atoms with Crippen LogP contribution < -0.4 is 5.32 Å². The van der Waals surface area contributed by atoms with Gasteiger partial charge in [0, 0.05) is 0 Å². The molecule has 1 aliphatic rings. The molecule has 0 unspecified atom stereocenters. The lowest BCUT2D eigenvalue weighted by molar-refractivity contribution is -0.149. The van der Waals surface area contributed by atoms with E-state index in [1.165, 1.54) is 0 Å². The highest BCUT2D eigenvalue weighted by Gasteiger charge is 2.36. The van der Waals surface area contributed by atoms with Crippen LogP contribution in [0.1, 0.15) is 37.3 Å². The number of carboxylic acids is 1. The fraction of sp³-hybridized carbons (Fsp3) is 0.318. The standard InChI is InChI=1S/C22H23NO5/c1-3-28-22(27)13(2)12-18(21(25)26)23-20(24)19-16-10-6-4-8-14(16)15-9-5-7-11-17(15)19/h4-11,13,18-19H,3,12H2,1-2H3,(H,23,24)(H,25,26)/t13-,18+/m1/s1. The van der Waals surface area contributed by atoms with Crippen molar-refractivity contribution < 1.29 is 24.2 Å². The minimum atomic E-state index is -1.18. The molecule has 3 rings (SSSR count). The zero-order valence-electron chi connectivity index (χ0n) is 15.8. The van der Waals surface area contributed by atoms with E-state index in [0.717, 1.165) is 22.3 Å². The molecule has 0 fully saturated rings. The second-order valence-corrected chi connectivity index (χ2v) is 6.90. The van der Waals surface area contributed by atoms with E-state index < -0.39 is 29.8 Å². The average molecular weight is 381 g/mol. The van der Waals surface area contributed by atoms with Gasteiger partial charge in [-0.3, -0.25) is 9.59 Å². The predicted molar refractivity (Wildman–Crippen MR) is 104 cm³/mol. The highest BCUT2D eigenvalue weighted by molar-refractivity contribution is 5.97. The summed E-state index contributed by atoms with van der Waals surface area (Å²) in [6, 6.07) is 14.1. The summed E-state index contributed by atoms with van der Waals surface area (Å²) < 4.78 is 4.94. The van der Waals surface area contributed by atoms with Crippen LogP contribution in [0.25, 0.3) is 11.1 Å². The van der Waals surface area contributed by atoms with Crippen molar-refractivity contribution >= 4 is 17.8 Å². The molecule has 6 nitrogen and oxygen atoms in total. The van der Waals surface area contributed by atoms with E-state index >= 15 is 0 Å². The number of esters is 1. The van der Waals surface area contributed by atoms with E-state index in [4.69, 9.17) is 4.74 Å². The molecule has 2 atom stereocenters. The molecule has 6 heteroatoms. The van der Waals surface area contributed by atoms with Gasteiger partial charge in [0.25, 0.3) is 0 Å². The first-order valence-corrected chi connectivity index (χ1v) is 9.32. The Kier molecular flexibility index (Phi) is 5.78. The maximum Gasteiger partial charge on any atom is 0.326 e. The Hall–Kier alpha value is -3.15. The van der Waals surface area contributed by atoms with E-state index in [-0.39, 0.29) is 18.9 Å². The number of rotatable bonds is 7. The van der Waals surface area contributed by atoms with E-state index in [2.05, 4.69) is 5.32 Å². The lowest BCUT2D eigenvalue weighted by Gasteiger charge is -2.21. The fourth-order valence-electron chi connectivity index (χ4n) is 3.65. The Morgan fingerprint density at radius 2 is 1.57 bits per heavy atom. The molecule has 2 aromatic carbocycles. The lowest BCUT2D eigenvalue weighted by atomic mass is 9.94. The van der Waals surface area contributed by atoms with Crippen molar-refractivity contribution in [2.24, 2.45) is 5.92 Å². The van der Waals surface area contributed by atoms with Gasteiger partial charge in [-0.25, -0.2) is 4.79 Å². The Morgan fingerprint density at radius 1 is 1.04 bits per heavy atom. The zero-order valence-corrected chi connectivity index (χ0v) is 15.8. The molecule has 2 aromatic rings. The summed E-state index contributed by atoms with van der Waals surface area (Å²) in [5, 5.41) is 12.2. The maximum absolute atomic E-state index is 13.1. The minimum absolute atomic E-state index is 0.0318. The highest BCUT2D eigenvalue weighted by Crippen LogP contribution is 2.44. The number of carbonyl (C=O) groups excluding carboxylic acids is 2. The molecule has 1 amide bonds. The minimum Gasteiger partial charge on any atom is -0.480 e. The van der Waals surface area contributed by atoms with Gasteiger partial charge >= 0.3 is 11.9 Å². The first kappa shape index (κ1) is 19.6. The van der Waals surface area contributed by atoms with Crippen molar-refractivity contribution in [2.75, 3.05) is 6.61 Å². The van der Waals surface area contributed by atoms with Gasteiger partial charge in [0.2, 0.25) is 5.91 Å². The number of ether oxygens (including phenoxy) is 1. The molecule has 0 heterocycles.